The van der Waals surface area contributed by atoms with Crippen LogP contribution in [0.1, 0.15) is 28.9 Å². The van der Waals surface area contributed by atoms with E-state index in [1.807, 2.05) is 4.90 Å². The van der Waals surface area contributed by atoms with E-state index in [2.05, 4.69) is 10.5 Å². The van der Waals surface area contributed by atoms with E-state index in [1.165, 1.54) is 6.26 Å². The number of fused-ring (bicyclic) bond motifs is 1. The molecule has 0 radical (unpaired) electrons. The Labute approximate surface area is 93.8 Å². The quantitative estimate of drug-likeness (QED) is 0.752. The lowest BCUT2D eigenvalue weighted by atomic mass is 9.88. The van der Waals surface area contributed by atoms with Crippen molar-refractivity contribution in [2.75, 3.05) is 13.1 Å². The van der Waals surface area contributed by atoms with Crippen LogP contribution in [-0.4, -0.2) is 41.1 Å². The summed E-state index contributed by atoms with van der Waals surface area (Å²) < 4.78 is 4.81. The SMILES string of the molecule is Cc1nocc1C(=O)N1CC2NCCCC21. The number of aryl methyl sites for hydroxylation is 1. The molecule has 5 nitrogen and oxygen atoms in total. The molecule has 0 spiro atoms. The molecule has 0 saturated carbocycles. The van der Waals surface area contributed by atoms with Gasteiger partial charge in [-0.25, -0.2) is 0 Å². The predicted molar refractivity (Wildman–Crippen MR) is 57.1 cm³/mol. The van der Waals surface area contributed by atoms with E-state index in [9.17, 15) is 4.79 Å². The molecule has 2 saturated heterocycles. The Hall–Kier alpha value is -1.36. The lowest BCUT2D eigenvalue weighted by Crippen LogP contribution is -2.69. The summed E-state index contributed by atoms with van der Waals surface area (Å²) in [6.45, 7) is 3.69. The summed E-state index contributed by atoms with van der Waals surface area (Å²) in [5, 5.41) is 7.17. The topological polar surface area (TPSA) is 58.4 Å². The normalized spacial score (nSPS) is 28.4. The summed E-state index contributed by atoms with van der Waals surface area (Å²) >= 11 is 0. The number of hydrogen-bond donors (Lipinski definition) is 1. The van der Waals surface area contributed by atoms with Crippen LogP contribution in [0.15, 0.2) is 10.8 Å². The van der Waals surface area contributed by atoms with Gasteiger partial charge < -0.3 is 14.7 Å². The predicted octanol–water partition coefficient (Wildman–Crippen LogP) is 0.559. The summed E-state index contributed by atoms with van der Waals surface area (Å²) in [7, 11) is 0. The highest BCUT2D eigenvalue weighted by Crippen LogP contribution is 2.27. The zero-order chi connectivity index (χ0) is 11.1. The van der Waals surface area contributed by atoms with Crippen molar-refractivity contribution in [1.82, 2.24) is 15.4 Å². The van der Waals surface area contributed by atoms with Gasteiger partial charge in [-0.15, -0.1) is 0 Å². The van der Waals surface area contributed by atoms with Crippen molar-refractivity contribution in [3.05, 3.63) is 17.5 Å². The maximum atomic E-state index is 12.2. The van der Waals surface area contributed by atoms with Crippen molar-refractivity contribution in [3.8, 4) is 0 Å². The largest absolute Gasteiger partial charge is 0.364 e. The molecule has 2 atom stereocenters. The molecule has 3 rings (SSSR count). The van der Waals surface area contributed by atoms with E-state index in [-0.39, 0.29) is 5.91 Å². The van der Waals surface area contributed by atoms with E-state index in [0.717, 1.165) is 25.9 Å². The maximum Gasteiger partial charge on any atom is 0.259 e. The number of nitrogens with one attached hydrogen (secondary N) is 1. The molecule has 2 aliphatic heterocycles. The molecule has 2 aliphatic rings. The van der Waals surface area contributed by atoms with Gasteiger partial charge in [-0.2, -0.15) is 0 Å². The lowest BCUT2D eigenvalue weighted by Gasteiger charge is -2.51. The fourth-order valence-corrected chi connectivity index (χ4v) is 2.59. The molecule has 86 valence electrons. The van der Waals surface area contributed by atoms with Crippen molar-refractivity contribution >= 4 is 5.91 Å². The lowest BCUT2D eigenvalue weighted by molar-refractivity contribution is 0.0173. The van der Waals surface area contributed by atoms with Crippen molar-refractivity contribution in [2.24, 2.45) is 0 Å². The fourth-order valence-electron chi connectivity index (χ4n) is 2.59. The summed E-state index contributed by atoms with van der Waals surface area (Å²) in [6.07, 6.45) is 3.70. The van der Waals surface area contributed by atoms with Crippen molar-refractivity contribution < 1.29 is 9.32 Å². The first-order valence-corrected chi connectivity index (χ1v) is 5.72. The molecular formula is C11H15N3O2. The minimum atomic E-state index is 0.0590. The van der Waals surface area contributed by atoms with Gasteiger partial charge in [0.2, 0.25) is 0 Å². The zero-order valence-electron chi connectivity index (χ0n) is 9.27. The van der Waals surface area contributed by atoms with Crippen LogP contribution >= 0.6 is 0 Å². The molecule has 0 bridgehead atoms. The van der Waals surface area contributed by atoms with Crippen LogP contribution in [0.2, 0.25) is 0 Å². The second kappa shape index (κ2) is 3.59. The first-order chi connectivity index (χ1) is 7.77. The molecule has 2 fully saturated rings. The highest BCUT2D eigenvalue weighted by Gasteiger charge is 2.43. The number of amides is 1. The monoisotopic (exact) mass is 221 g/mol. The Morgan fingerprint density at radius 2 is 2.56 bits per heavy atom. The van der Waals surface area contributed by atoms with Gasteiger partial charge in [-0.1, -0.05) is 5.16 Å². The highest BCUT2D eigenvalue weighted by atomic mass is 16.5. The molecule has 1 aromatic heterocycles. The van der Waals surface area contributed by atoms with Gasteiger partial charge in [0, 0.05) is 18.6 Å². The average molecular weight is 221 g/mol. The molecule has 0 aliphatic carbocycles. The molecule has 1 N–H and O–H groups in total. The molecule has 3 heterocycles. The minimum absolute atomic E-state index is 0.0590. The van der Waals surface area contributed by atoms with Crippen LogP contribution < -0.4 is 5.32 Å². The van der Waals surface area contributed by atoms with E-state index in [1.54, 1.807) is 6.92 Å². The molecule has 5 heteroatoms. The van der Waals surface area contributed by atoms with Gasteiger partial charge in [-0.3, -0.25) is 4.79 Å². The van der Waals surface area contributed by atoms with E-state index >= 15 is 0 Å². The second-order valence-electron chi connectivity index (χ2n) is 4.54. The number of piperidine rings is 1. The molecule has 2 unspecified atom stereocenters. The van der Waals surface area contributed by atoms with E-state index < -0.39 is 0 Å². The minimum Gasteiger partial charge on any atom is -0.364 e. The van der Waals surface area contributed by atoms with Gasteiger partial charge >= 0.3 is 0 Å². The van der Waals surface area contributed by atoms with Crippen molar-refractivity contribution in [3.63, 3.8) is 0 Å². The maximum absolute atomic E-state index is 12.2. The van der Waals surface area contributed by atoms with Crippen LogP contribution in [0.25, 0.3) is 0 Å². The first-order valence-electron chi connectivity index (χ1n) is 5.72. The van der Waals surface area contributed by atoms with E-state index in [4.69, 9.17) is 4.52 Å². The van der Waals surface area contributed by atoms with Gasteiger partial charge in [0.25, 0.3) is 5.91 Å². The Kier molecular flexibility index (Phi) is 2.21. The molecular weight excluding hydrogens is 206 g/mol. The van der Waals surface area contributed by atoms with Crippen molar-refractivity contribution in [2.45, 2.75) is 31.8 Å². The summed E-state index contributed by atoms with van der Waals surface area (Å²) in [4.78, 5) is 14.1. The first kappa shape index (κ1) is 9.84. The van der Waals surface area contributed by atoms with Crippen LogP contribution in [-0.2, 0) is 0 Å². The van der Waals surface area contributed by atoms with Gasteiger partial charge in [0.05, 0.1) is 5.69 Å². The standard InChI is InChI=1S/C11H15N3O2/c1-7-8(6-16-13-7)11(15)14-5-9-10(14)3-2-4-12-9/h6,9-10,12H,2-5H2,1H3. The molecule has 1 amide bonds. The molecule has 16 heavy (non-hydrogen) atoms. The van der Waals surface area contributed by atoms with Crippen LogP contribution in [0, 0.1) is 6.92 Å². The number of rotatable bonds is 1. The van der Waals surface area contributed by atoms with Gasteiger partial charge in [-0.05, 0) is 26.3 Å². The van der Waals surface area contributed by atoms with Crippen LogP contribution in [0.4, 0.5) is 0 Å². The number of carbonyl (C=O) groups is 1. The third kappa shape index (κ3) is 1.35. The fraction of sp³-hybridized carbons (Fsp3) is 0.636. The summed E-state index contributed by atoms with van der Waals surface area (Å²) in [5.74, 6) is 0.0590. The third-order valence-electron chi connectivity index (χ3n) is 3.58. The van der Waals surface area contributed by atoms with E-state index in [0.29, 0.717) is 23.3 Å². The Morgan fingerprint density at radius 3 is 3.25 bits per heavy atom. The third-order valence-corrected chi connectivity index (χ3v) is 3.58. The number of likely N-dealkylation sites (tertiary alicyclic amines) is 1. The van der Waals surface area contributed by atoms with Crippen LogP contribution in [0.5, 0.6) is 0 Å². The Balaban J connectivity index is 1.75. The molecule has 0 aromatic carbocycles. The Morgan fingerprint density at radius 1 is 1.69 bits per heavy atom. The van der Waals surface area contributed by atoms with Gasteiger partial charge in [0.1, 0.15) is 11.8 Å². The number of carbonyl (C=O) groups excluding carboxylic acids is 1. The summed E-state index contributed by atoms with van der Waals surface area (Å²) in [5.41, 5.74) is 1.28. The van der Waals surface area contributed by atoms with Gasteiger partial charge in [0.15, 0.2) is 0 Å². The Bertz CT molecular complexity index is 415. The second-order valence-corrected chi connectivity index (χ2v) is 4.54. The van der Waals surface area contributed by atoms with Crippen LogP contribution in [0.3, 0.4) is 0 Å². The average Bonchev–Trinajstić information content (AvgIpc) is 2.66. The molecule has 1 aromatic rings. The highest BCUT2D eigenvalue weighted by molar-refractivity contribution is 5.95. The summed E-state index contributed by atoms with van der Waals surface area (Å²) in [6, 6.07) is 0.869. The van der Waals surface area contributed by atoms with Crippen molar-refractivity contribution in [1.29, 1.82) is 0 Å². The zero-order valence-corrected chi connectivity index (χ0v) is 9.27. The number of hydrogen-bond acceptors (Lipinski definition) is 4. The number of nitrogens with zero attached hydrogens (tertiary/aromatic N) is 2. The smallest absolute Gasteiger partial charge is 0.259 e. The number of aromatic nitrogens is 1.